The molecule has 3 rings (SSSR count). The Labute approximate surface area is 187 Å². The molecule has 6 nitrogen and oxygen atoms in total. The van der Waals surface area contributed by atoms with E-state index < -0.39 is 5.97 Å². The van der Waals surface area contributed by atoms with Gasteiger partial charge in [-0.2, -0.15) is 0 Å². The highest BCUT2D eigenvalue weighted by Gasteiger charge is 2.38. The first-order valence-electron chi connectivity index (χ1n) is 10.7. The maximum absolute atomic E-state index is 12.9. The molecule has 1 aliphatic heterocycles. The molecule has 31 heavy (non-hydrogen) atoms. The number of esters is 1. The standard InChI is InChI=1S/C24H31NO5S/c1-7-29-24(27)19-17-12-18(13(2)3)30-20(14(4)5)21(17)31-23(19)25-22(26)15-8-10-16(28-6)11-9-15/h8-11,13-14,18,20H,7,12H2,1-6H3,(H,25,26)/t18-,20-/m1/s1. The summed E-state index contributed by atoms with van der Waals surface area (Å²) in [6, 6.07) is 6.86. The first-order chi connectivity index (χ1) is 14.8. The van der Waals surface area contributed by atoms with Gasteiger partial charge in [-0.3, -0.25) is 4.79 Å². The fourth-order valence-corrected chi connectivity index (χ4v) is 5.12. The number of ether oxygens (including phenoxy) is 3. The SMILES string of the molecule is CCOC(=O)c1c(NC(=O)c2ccc(OC)cc2)sc2c1C[C@H](C(C)C)O[C@@H]2C(C)C. The summed E-state index contributed by atoms with van der Waals surface area (Å²) in [5.41, 5.74) is 1.89. The van der Waals surface area contributed by atoms with Gasteiger partial charge in [-0.1, -0.05) is 27.7 Å². The number of benzene rings is 1. The molecule has 0 radical (unpaired) electrons. The molecule has 1 aromatic carbocycles. The molecular weight excluding hydrogens is 414 g/mol. The first kappa shape index (κ1) is 23.3. The van der Waals surface area contributed by atoms with Gasteiger partial charge in [-0.05, 0) is 48.6 Å². The van der Waals surface area contributed by atoms with Crippen molar-refractivity contribution in [3.63, 3.8) is 0 Å². The van der Waals surface area contributed by atoms with E-state index in [2.05, 4.69) is 33.0 Å². The number of hydrogen-bond acceptors (Lipinski definition) is 6. The number of rotatable bonds is 7. The van der Waals surface area contributed by atoms with E-state index in [4.69, 9.17) is 14.2 Å². The van der Waals surface area contributed by atoms with Gasteiger partial charge in [-0.25, -0.2) is 4.79 Å². The van der Waals surface area contributed by atoms with Gasteiger partial charge >= 0.3 is 5.97 Å². The van der Waals surface area contributed by atoms with Crippen molar-refractivity contribution in [1.82, 2.24) is 0 Å². The van der Waals surface area contributed by atoms with Gasteiger partial charge in [-0.15, -0.1) is 11.3 Å². The number of methoxy groups -OCH3 is 1. The molecule has 1 amide bonds. The van der Waals surface area contributed by atoms with Gasteiger partial charge in [0.05, 0.1) is 31.5 Å². The molecule has 2 heterocycles. The largest absolute Gasteiger partial charge is 0.497 e. The molecule has 0 aliphatic carbocycles. The molecule has 1 aliphatic rings. The summed E-state index contributed by atoms with van der Waals surface area (Å²) in [4.78, 5) is 26.8. The van der Waals surface area contributed by atoms with Crippen molar-refractivity contribution in [1.29, 1.82) is 0 Å². The summed E-state index contributed by atoms with van der Waals surface area (Å²) in [6.07, 6.45) is 0.507. The second-order valence-corrected chi connectivity index (χ2v) is 9.39. The monoisotopic (exact) mass is 445 g/mol. The summed E-state index contributed by atoms with van der Waals surface area (Å²) < 4.78 is 16.9. The van der Waals surface area contributed by atoms with Crippen LogP contribution in [0.15, 0.2) is 24.3 Å². The Hall–Kier alpha value is -2.38. The third-order valence-corrected chi connectivity index (χ3v) is 6.64. The summed E-state index contributed by atoms with van der Waals surface area (Å²) in [5, 5.41) is 3.46. The van der Waals surface area contributed by atoms with Crippen LogP contribution in [0.25, 0.3) is 0 Å². The van der Waals surface area contributed by atoms with Crippen LogP contribution < -0.4 is 10.1 Å². The minimum atomic E-state index is -0.406. The number of fused-ring (bicyclic) bond motifs is 1. The lowest BCUT2D eigenvalue weighted by Crippen LogP contribution is -2.32. The Kier molecular flexibility index (Phi) is 7.38. The van der Waals surface area contributed by atoms with Crippen molar-refractivity contribution in [3.8, 4) is 5.75 Å². The minimum Gasteiger partial charge on any atom is -0.497 e. The normalized spacial score (nSPS) is 18.1. The molecule has 2 atom stereocenters. The van der Waals surface area contributed by atoms with Gasteiger partial charge in [0.15, 0.2) is 0 Å². The highest BCUT2D eigenvalue weighted by molar-refractivity contribution is 7.17. The molecule has 1 aromatic heterocycles. The molecule has 1 N–H and O–H groups in total. The third kappa shape index (κ3) is 4.93. The zero-order valence-corrected chi connectivity index (χ0v) is 19.8. The maximum Gasteiger partial charge on any atom is 0.341 e. The number of anilines is 1. The van der Waals surface area contributed by atoms with Crippen molar-refractivity contribution in [2.75, 3.05) is 19.0 Å². The molecule has 2 aromatic rings. The van der Waals surface area contributed by atoms with Crippen molar-refractivity contribution < 1.29 is 23.8 Å². The quantitative estimate of drug-likeness (QED) is 0.571. The number of thiophene rings is 1. The molecule has 0 bridgehead atoms. The minimum absolute atomic E-state index is 0.00724. The lowest BCUT2D eigenvalue weighted by molar-refractivity contribution is -0.0671. The Bertz CT molecular complexity index is 932. The van der Waals surface area contributed by atoms with E-state index in [1.54, 1.807) is 38.3 Å². The van der Waals surface area contributed by atoms with Crippen molar-refractivity contribution >= 4 is 28.2 Å². The van der Waals surface area contributed by atoms with Crippen LogP contribution in [0.2, 0.25) is 0 Å². The Balaban J connectivity index is 2.02. The highest BCUT2D eigenvalue weighted by Crippen LogP contribution is 2.46. The maximum atomic E-state index is 12.9. The van der Waals surface area contributed by atoms with Crippen molar-refractivity contribution in [2.24, 2.45) is 11.8 Å². The molecule has 0 unspecified atom stereocenters. The van der Waals surface area contributed by atoms with E-state index in [0.717, 1.165) is 10.4 Å². The van der Waals surface area contributed by atoms with Crippen LogP contribution in [0, 0.1) is 11.8 Å². The van der Waals surface area contributed by atoms with E-state index in [9.17, 15) is 9.59 Å². The number of carbonyl (C=O) groups excluding carboxylic acids is 2. The summed E-state index contributed by atoms with van der Waals surface area (Å²) >= 11 is 1.41. The summed E-state index contributed by atoms with van der Waals surface area (Å²) in [7, 11) is 1.58. The predicted octanol–water partition coefficient (Wildman–Crippen LogP) is 5.48. The van der Waals surface area contributed by atoms with E-state index in [-0.39, 0.29) is 30.6 Å². The van der Waals surface area contributed by atoms with Gasteiger partial charge in [0.1, 0.15) is 10.8 Å². The van der Waals surface area contributed by atoms with E-state index in [1.165, 1.54) is 11.3 Å². The Morgan fingerprint density at radius 3 is 2.39 bits per heavy atom. The van der Waals surface area contributed by atoms with E-state index >= 15 is 0 Å². The Morgan fingerprint density at radius 2 is 1.84 bits per heavy atom. The van der Waals surface area contributed by atoms with Gasteiger partial charge in [0.25, 0.3) is 5.91 Å². The fraction of sp³-hybridized carbons (Fsp3) is 0.500. The average molecular weight is 446 g/mol. The number of amides is 1. The lowest BCUT2D eigenvalue weighted by atomic mass is 9.89. The average Bonchev–Trinajstić information content (AvgIpc) is 3.10. The third-order valence-electron chi connectivity index (χ3n) is 5.43. The first-order valence-corrected chi connectivity index (χ1v) is 11.5. The molecule has 7 heteroatoms. The smallest absolute Gasteiger partial charge is 0.341 e. The fourth-order valence-electron chi connectivity index (χ4n) is 3.69. The van der Waals surface area contributed by atoms with E-state index in [1.807, 2.05) is 0 Å². The number of carbonyl (C=O) groups is 2. The van der Waals surface area contributed by atoms with Crippen LogP contribution in [0.5, 0.6) is 5.75 Å². The van der Waals surface area contributed by atoms with Gasteiger partial charge in [0, 0.05) is 16.9 Å². The molecule has 0 spiro atoms. The topological polar surface area (TPSA) is 73.9 Å². The summed E-state index contributed by atoms with van der Waals surface area (Å²) in [5.74, 6) is 0.527. The zero-order valence-electron chi connectivity index (χ0n) is 19.0. The molecule has 0 saturated heterocycles. The molecule has 0 saturated carbocycles. The zero-order chi connectivity index (χ0) is 22.7. The van der Waals surface area contributed by atoms with Crippen molar-refractivity contribution in [3.05, 3.63) is 45.8 Å². The highest BCUT2D eigenvalue weighted by atomic mass is 32.1. The van der Waals surface area contributed by atoms with Crippen LogP contribution in [-0.2, 0) is 15.9 Å². The van der Waals surface area contributed by atoms with E-state index in [0.29, 0.717) is 34.2 Å². The molecule has 0 fully saturated rings. The second-order valence-electron chi connectivity index (χ2n) is 8.34. The second kappa shape index (κ2) is 9.83. The van der Waals surface area contributed by atoms with Crippen LogP contribution in [0.3, 0.4) is 0 Å². The Morgan fingerprint density at radius 1 is 1.16 bits per heavy atom. The van der Waals surface area contributed by atoms with Crippen LogP contribution in [0.4, 0.5) is 5.00 Å². The van der Waals surface area contributed by atoms with Gasteiger partial charge < -0.3 is 19.5 Å². The molecular formula is C24H31NO5S. The van der Waals surface area contributed by atoms with Crippen LogP contribution in [0.1, 0.15) is 71.9 Å². The molecule has 168 valence electrons. The van der Waals surface area contributed by atoms with Crippen LogP contribution >= 0.6 is 11.3 Å². The number of nitrogens with one attached hydrogen (secondary N) is 1. The van der Waals surface area contributed by atoms with Crippen molar-refractivity contribution in [2.45, 2.75) is 53.2 Å². The lowest BCUT2D eigenvalue weighted by Gasteiger charge is -2.34. The summed E-state index contributed by atoms with van der Waals surface area (Å²) in [6.45, 7) is 10.5. The van der Waals surface area contributed by atoms with Gasteiger partial charge in [0.2, 0.25) is 0 Å². The predicted molar refractivity (Wildman–Crippen MR) is 122 cm³/mol. The van der Waals surface area contributed by atoms with Crippen LogP contribution in [-0.4, -0.2) is 31.7 Å². The number of hydrogen-bond donors (Lipinski definition) is 1.